The van der Waals surface area contributed by atoms with E-state index in [1.54, 1.807) is 0 Å². The second-order valence-electron chi connectivity index (χ2n) is 4.35. The standard InChI is InChI=1S/C16H16INO2/c1-12-6-2-5-9-15(12)20-11-10-18-16(19)13-7-3-4-8-14(13)17/h2-9H,10-11H2,1H3,(H,18,19). The summed E-state index contributed by atoms with van der Waals surface area (Å²) in [5, 5.41) is 2.86. The first-order valence-corrected chi connectivity index (χ1v) is 7.47. The molecule has 0 spiro atoms. The zero-order valence-corrected chi connectivity index (χ0v) is 13.4. The molecule has 0 aliphatic carbocycles. The monoisotopic (exact) mass is 381 g/mol. The van der Waals surface area contributed by atoms with Crippen LogP contribution in [0.2, 0.25) is 0 Å². The molecule has 0 bridgehead atoms. The van der Waals surface area contributed by atoms with Crippen LogP contribution in [0.15, 0.2) is 48.5 Å². The van der Waals surface area contributed by atoms with Gasteiger partial charge in [-0.2, -0.15) is 0 Å². The third-order valence-corrected chi connectivity index (χ3v) is 3.80. The van der Waals surface area contributed by atoms with Crippen molar-refractivity contribution in [2.24, 2.45) is 0 Å². The average Bonchev–Trinajstić information content (AvgIpc) is 2.45. The van der Waals surface area contributed by atoms with Crippen LogP contribution in [0.1, 0.15) is 15.9 Å². The molecule has 1 amide bonds. The lowest BCUT2D eigenvalue weighted by molar-refractivity contribution is 0.0946. The lowest BCUT2D eigenvalue weighted by Crippen LogP contribution is -2.28. The summed E-state index contributed by atoms with van der Waals surface area (Å²) in [6, 6.07) is 15.4. The molecule has 0 aliphatic rings. The first-order valence-electron chi connectivity index (χ1n) is 6.39. The van der Waals surface area contributed by atoms with Gasteiger partial charge in [-0.15, -0.1) is 0 Å². The van der Waals surface area contributed by atoms with Gasteiger partial charge < -0.3 is 10.1 Å². The highest BCUT2D eigenvalue weighted by atomic mass is 127. The van der Waals surface area contributed by atoms with Gasteiger partial charge in [-0.3, -0.25) is 4.79 Å². The molecule has 0 heterocycles. The lowest BCUT2D eigenvalue weighted by Gasteiger charge is -2.10. The molecular formula is C16H16INO2. The van der Waals surface area contributed by atoms with Crippen LogP contribution >= 0.6 is 22.6 Å². The Labute approximate surface area is 132 Å². The molecule has 0 aliphatic heterocycles. The summed E-state index contributed by atoms with van der Waals surface area (Å²) >= 11 is 2.16. The number of carbonyl (C=O) groups is 1. The van der Waals surface area contributed by atoms with Crippen LogP contribution in [0, 0.1) is 10.5 Å². The van der Waals surface area contributed by atoms with E-state index in [0.717, 1.165) is 14.9 Å². The molecule has 1 N–H and O–H groups in total. The number of hydrogen-bond donors (Lipinski definition) is 1. The predicted molar refractivity (Wildman–Crippen MR) is 88.2 cm³/mol. The van der Waals surface area contributed by atoms with Gasteiger partial charge in [-0.25, -0.2) is 0 Å². The minimum Gasteiger partial charge on any atom is -0.491 e. The molecule has 3 nitrogen and oxygen atoms in total. The number of ether oxygens (including phenoxy) is 1. The van der Waals surface area contributed by atoms with Gasteiger partial charge in [0.1, 0.15) is 12.4 Å². The van der Waals surface area contributed by atoms with Gasteiger partial charge in [0.2, 0.25) is 0 Å². The van der Waals surface area contributed by atoms with Crippen molar-refractivity contribution in [2.75, 3.05) is 13.2 Å². The number of para-hydroxylation sites is 1. The van der Waals surface area contributed by atoms with Gasteiger partial charge in [0.15, 0.2) is 0 Å². The zero-order chi connectivity index (χ0) is 14.4. The van der Waals surface area contributed by atoms with Crippen molar-refractivity contribution >= 4 is 28.5 Å². The van der Waals surface area contributed by atoms with E-state index in [-0.39, 0.29) is 5.91 Å². The van der Waals surface area contributed by atoms with Crippen LogP contribution in [-0.2, 0) is 0 Å². The molecule has 2 aromatic rings. The summed E-state index contributed by atoms with van der Waals surface area (Å²) in [6.07, 6.45) is 0. The third-order valence-electron chi connectivity index (χ3n) is 2.86. The lowest BCUT2D eigenvalue weighted by atomic mass is 10.2. The highest BCUT2D eigenvalue weighted by molar-refractivity contribution is 14.1. The summed E-state index contributed by atoms with van der Waals surface area (Å²) in [6.45, 7) is 2.94. The number of hydrogen-bond acceptors (Lipinski definition) is 2. The summed E-state index contributed by atoms with van der Waals surface area (Å²) < 4.78 is 6.58. The van der Waals surface area contributed by atoms with Crippen molar-refractivity contribution < 1.29 is 9.53 Å². The highest BCUT2D eigenvalue weighted by Crippen LogP contribution is 2.15. The molecule has 0 aromatic heterocycles. The van der Waals surface area contributed by atoms with Crippen molar-refractivity contribution in [1.82, 2.24) is 5.32 Å². The normalized spacial score (nSPS) is 10.1. The van der Waals surface area contributed by atoms with E-state index in [2.05, 4.69) is 27.9 Å². The smallest absolute Gasteiger partial charge is 0.252 e. The molecule has 0 atom stereocenters. The Morgan fingerprint density at radius 1 is 1.15 bits per heavy atom. The zero-order valence-electron chi connectivity index (χ0n) is 11.2. The number of nitrogens with one attached hydrogen (secondary N) is 1. The van der Waals surface area contributed by atoms with Crippen LogP contribution in [-0.4, -0.2) is 19.1 Å². The Balaban J connectivity index is 1.81. The maximum atomic E-state index is 12.0. The van der Waals surface area contributed by atoms with Crippen LogP contribution in [0.4, 0.5) is 0 Å². The van der Waals surface area contributed by atoms with Crippen LogP contribution in [0.3, 0.4) is 0 Å². The highest BCUT2D eigenvalue weighted by Gasteiger charge is 2.08. The number of benzene rings is 2. The fourth-order valence-electron chi connectivity index (χ4n) is 1.78. The van der Waals surface area contributed by atoms with E-state index < -0.39 is 0 Å². The molecule has 2 rings (SSSR count). The summed E-state index contributed by atoms with van der Waals surface area (Å²) in [5.74, 6) is 0.791. The molecule has 0 saturated carbocycles. The van der Waals surface area contributed by atoms with Gasteiger partial charge >= 0.3 is 0 Å². The molecule has 0 fully saturated rings. The number of aryl methyl sites for hydroxylation is 1. The van der Waals surface area contributed by atoms with E-state index in [9.17, 15) is 4.79 Å². The van der Waals surface area contributed by atoms with Crippen molar-refractivity contribution in [2.45, 2.75) is 6.92 Å². The molecular weight excluding hydrogens is 365 g/mol. The molecule has 2 aromatic carbocycles. The Kier molecular flexibility index (Phi) is 5.40. The minimum absolute atomic E-state index is 0.0663. The molecule has 20 heavy (non-hydrogen) atoms. The Hall–Kier alpha value is -1.56. The average molecular weight is 381 g/mol. The van der Waals surface area contributed by atoms with Gasteiger partial charge in [0, 0.05) is 3.57 Å². The molecule has 0 radical (unpaired) electrons. The minimum atomic E-state index is -0.0663. The number of rotatable bonds is 5. The topological polar surface area (TPSA) is 38.3 Å². The van der Waals surface area contributed by atoms with Gasteiger partial charge in [-0.05, 0) is 53.3 Å². The molecule has 4 heteroatoms. The van der Waals surface area contributed by atoms with E-state index in [4.69, 9.17) is 4.74 Å². The van der Waals surface area contributed by atoms with E-state index in [1.807, 2.05) is 55.5 Å². The SMILES string of the molecule is Cc1ccccc1OCCNC(=O)c1ccccc1I. The van der Waals surface area contributed by atoms with Crippen molar-refractivity contribution in [3.05, 3.63) is 63.2 Å². The first-order chi connectivity index (χ1) is 9.68. The Morgan fingerprint density at radius 2 is 1.85 bits per heavy atom. The Morgan fingerprint density at radius 3 is 2.60 bits per heavy atom. The van der Waals surface area contributed by atoms with Crippen LogP contribution in [0.25, 0.3) is 0 Å². The maximum absolute atomic E-state index is 12.0. The molecule has 0 saturated heterocycles. The summed E-state index contributed by atoms with van der Waals surface area (Å²) in [5.41, 5.74) is 1.79. The second-order valence-corrected chi connectivity index (χ2v) is 5.51. The van der Waals surface area contributed by atoms with E-state index >= 15 is 0 Å². The largest absolute Gasteiger partial charge is 0.491 e. The van der Waals surface area contributed by atoms with Crippen LogP contribution < -0.4 is 10.1 Å². The van der Waals surface area contributed by atoms with E-state index in [1.165, 1.54) is 0 Å². The number of halogens is 1. The molecule has 0 unspecified atom stereocenters. The van der Waals surface area contributed by atoms with Gasteiger partial charge in [-0.1, -0.05) is 30.3 Å². The van der Waals surface area contributed by atoms with Crippen molar-refractivity contribution in [3.8, 4) is 5.75 Å². The Bertz CT molecular complexity index is 599. The summed E-state index contributed by atoms with van der Waals surface area (Å²) in [4.78, 5) is 12.0. The number of carbonyl (C=O) groups excluding carboxylic acids is 1. The van der Waals surface area contributed by atoms with Crippen LogP contribution in [0.5, 0.6) is 5.75 Å². The first kappa shape index (κ1) is 14.8. The van der Waals surface area contributed by atoms with Crippen molar-refractivity contribution in [1.29, 1.82) is 0 Å². The third kappa shape index (κ3) is 3.96. The summed E-state index contributed by atoms with van der Waals surface area (Å²) in [7, 11) is 0. The van der Waals surface area contributed by atoms with Gasteiger partial charge in [0.05, 0.1) is 12.1 Å². The fraction of sp³-hybridized carbons (Fsp3) is 0.188. The second kappa shape index (κ2) is 7.28. The quantitative estimate of drug-likeness (QED) is 0.637. The van der Waals surface area contributed by atoms with E-state index in [0.29, 0.717) is 18.7 Å². The van der Waals surface area contributed by atoms with Crippen molar-refractivity contribution in [3.63, 3.8) is 0 Å². The maximum Gasteiger partial charge on any atom is 0.252 e. The number of amides is 1. The molecule has 104 valence electrons. The predicted octanol–water partition coefficient (Wildman–Crippen LogP) is 3.41. The fourth-order valence-corrected chi connectivity index (χ4v) is 2.42. The van der Waals surface area contributed by atoms with Gasteiger partial charge in [0.25, 0.3) is 5.91 Å².